The average molecular weight is 349 g/mol. The van der Waals surface area contributed by atoms with Gasteiger partial charge in [-0.3, -0.25) is 0 Å². The van der Waals surface area contributed by atoms with Gasteiger partial charge in [-0.15, -0.1) is 0 Å². The summed E-state index contributed by atoms with van der Waals surface area (Å²) in [5.74, 6) is 2.24. The predicted molar refractivity (Wildman–Crippen MR) is 88.9 cm³/mol. The fraction of sp³-hybridized carbons (Fsp3) is 0.471. The summed E-state index contributed by atoms with van der Waals surface area (Å²) >= 11 is 3.59. The topological polar surface area (TPSA) is 52.0 Å². The van der Waals surface area contributed by atoms with Crippen LogP contribution in [0.4, 0.5) is 5.82 Å². The molecule has 3 nitrogen and oxygen atoms in total. The molecule has 1 aliphatic carbocycles. The molecule has 1 aromatic heterocycles. The van der Waals surface area contributed by atoms with Crippen LogP contribution in [0.5, 0.6) is 0 Å². The predicted octanol–water partition coefficient (Wildman–Crippen LogP) is 5.20. The lowest BCUT2D eigenvalue weighted by molar-refractivity contribution is 0.318. The molecule has 4 heteroatoms. The number of hydrogen-bond donors (Lipinski definition) is 1. The van der Waals surface area contributed by atoms with Gasteiger partial charge in [0.1, 0.15) is 5.76 Å². The molecule has 1 fully saturated rings. The number of nitrogens with two attached hydrogens (primary N) is 1. The summed E-state index contributed by atoms with van der Waals surface area (Å²) in [5, 5.41) is 3.98. The Labute approximate surface area is 134 Å². The molecule has 112 valence electrons. The normalized spacial score (nSPS) is 16.2. The van der Waals surface area contributed by atoms with Crippen molar-refractivity contribution in [3.8, 4) is 11.1 Å². The molecule has 1 saturated carbocycles. The lowest BCUT2D eigenvalue weighted by Gasteiger charge is -2.20. The minimum absolute atomic E-state index is 0.487. The molecule has 2 aromatic rings. The van der Waals surface area contributed by atoms with Crippen LogP contribution in [0.15, 0.2) is 33.3 Å². The van der Waals surface area contributed by atoms with Crippen molar-refractivity contribution in [2.75, 3.05) is 5.73 Å². The van der Waals surface area contributed by atoms with Crippen LogP contribution in [0.2, 0.25) is 0 Å². The highest BCUT2D eigenvalue weighted by molar-refractivity contribution is 9.10. The Hall–Kier alpha value is -1.29. The van der Waals surface area contributed by atoms with Crippen LogP contribution in [-0.2, 0) is 6.42 Å². The van der Waals surface area contributed by atoms with Gasteiger partial charge < -0.3 is 10.3 Å². The number of nitrogen functional groups attached to an aromatic ring is 1. The van der Waals surface area contributed by atoms with Crippen molar-refractivity contribution in [2.24, 2.45) is 5.92 Å². The molecule has 0 atom stereocenters. The van der Waals surface area contributed by atoms with E-state index in [0.29, 0.717) is 5.82 Å². The molecular formula is C17H21BrN2O. The van der Waals surface area contributed by atoms with Gasteiger partial charge in [0, 0.05) is 16.5 Å². The highest BCUT2D eigenvalue weighted by Gasteiger charge is 2.20. The van der Waals surface area contributed by atoms with E-state index in [9.17, 15) is 0 Å². The van der Waals surface area contributed by atoms with Crippen LogP contribution < -0.4 is 5.73 Å². The molecule has 0 radical (unpaired) electrons. The molecule has 1 aliphatic rings. The van der Waals surface area contributed by atoms with E-state index in [1.165, 1.54) is 38.5 Å². The van der Waals surface area contributed by atoms with Crippen LogP contribution in [0.25, 0.3) is 11.1 Å². The molecule has 0 aliphatic heterocycles. The first-order valence-corrected chi connectivity index (χ1v) is 8.54. The molecule has 0 saturated heterocycles. The van der Waals surface area contributed by atoms with Gasteiger partial charge in [-0.2, -0.15) is 0 Å². The standard InChI is InChI=1S/C17H21BrN2O/c18-14-9-5-4-8-13(14)16-15(21-20-17(16)19)11-10-12-6-2-1-3-7-12/h4-5,8-9,12H,1-3,6-7,10-11H2,(H2,19,20). The Balaban J connectivity index is 1.79. The number of benzene rings is 1. The van der Waals surface area contributed by atoms with E-state index in [0.717, 1.165) is 33.7 Å². The zero-order valence-corrected chi connectivity index (χ0v) is 13.7. The van der Waals surface area contributed by atoms with Gasteiger partial charge in [-0.05, 0) is 18.4 Å². The third-order valence-electron chi connectivity index (χ3n) is 4.44. The van der Waals surface area contributed by atoms with Crippen molar-refractivity contribution < 1.29 is 4.52 Å². The molecule has 0 amide bonds. The number of hydrogen-bond acceptors (Lipinski definition) is 3. The van der Waals surface area contributed by atoms with E-state index in [4.69, 9.17) is 10.3 Å². The minimum atomic E-state index is 0.487. The average Bonchev–Trinajstić information content (AvgIpc) is 2.88. The van der Waals surface area contributed by atoms with E-state index in [1.54, 1.807) is 0 Å². The summed E-state index contributed by atoms with van der Waals surface area (Å²) in [4.78, 5) is 0. The number of halogens is 1. The van der Waals surface area contributed by atoms with E-state index in [1.807, 2.05) is 18.2 Å². The van der Waals surface area contributed by atoms with Crippen molar-refractivity contribution in [1.82, 2.24) is 5.16 Å². The molecule has 3 rings (SSSR count). The van der Waals surface area contributed by atoms with Crippen molar-refractivity contribution in [3.05, 3.63) is 34.5 Å². The molecular weight excluding hydrogens is 328 g/mol. The number of anilines is 1. The quantitative estimate of drug-likeness (QED) is 0.825. The fourth-order valence-corrected chi connectivity index (χ4v) is 3.76. The third-order valence-corrected chi connectivity index (χ3v) is 5.13. The van der Waals surface area contributed by atoms with Crippen LogP contribution in [0, 0.1) is 5.92 Å². The first-order chi connectivity index (χ1) is 10.3. The second-order valence-corrected chi connectivity index (χ2v) is 6.74. The minimum Gasteiger partial charge on any atom is -0.380 e. The summed E-state index contributed by atoms with van der Waals surface area (Å²) in [6.45, 7) is 0. The molecule has 0 spiro atoms. The maximum absolute atomic E-state index is 6.03. The Kier molecular flexibility index (Phi) is 4.63. The number of nitrogens with zero attached hydrogens (tertiary/aromatic N) is 1. The van der Waals surface area contributed by atoms with Gasteiger partial charge in [0.2, 0.25) is 0 Å². The molecule has 1 heterocycles. The summed E-state index contributed by atoms with van der Waals surface area (Å²) in [7, 11) is 0. The van der Waals surface area contributed by atoms with Crippen LogP contribution in [0.3, 0.4) is 0 Å². The smallest absolute Gasteiger partial charge is 0.175 e. The second-order valence-electron chi connectivity index (χ2n) is 5.89. The summed E-state index contributed by atoms with van der Waals surface area (Å²) < 4.78 is 6.53. The van der Waals surface area contributed by atoms with Crippen molar-refractivity contribution in [1.29, 1.82) is 0 Å². The van der Waals surface area contributed by atoms with Gasteiger partial charge >= 0.3 is 0 Å². The van der Waals surface area contributed by atoms with Gasteiger partial charge in [-0.25, -0.2) is 0 Å². The Morgan fingerprint density at radius 3 is 2.71 bits per heavy atom. The van der Waals surface area contributed by atoms with E-state index in [-0.39, 0.29) is 0 Å². The van der Waals surface area contributed by atoms with Crippen molar-refractivity contribution >= 4 is 21.7 Å². The summed E-state index contributed by atoms with van der Waals surface area (Å²) in [6.07, 6.45) is 8.95. The zero-order chi connectivity index (χ0) is 14.7. The van der Waals surface area contributed by atoms with E-state index >= 15 is 0 Å². The molecule has 2 N–H and O–H groups in total. The monoisotopic (exact) mass is 348 g/mol. The number of aromatic nitrogens is 1. The Morgan fingerprint density at radius 2 is 1.95 bits per heavy atom. The first kappa shape index (κ1) is 14.6. The van der Waals surface area contributed by atoms with Gasteiger partial charge in [0.05, 0.1) is 5.56 Å². The fourth-order valence-electron chi connectivity index (χ4n) is 3.27. The Morgan fingerprint density at radius 1 is 1.19 bits per heavy atom. The highest BCUT2D eigenvalue weighted by atomic mass is 79.9. The lowest BCUT2D eigenvalue weighted by atomic mass is 9.85. The molecule has 21 heavy (non-hydrogen) atoms. The Bertz CT molecular complexity index is 603. The first-order valence-electron chi connectivity index (χ1n) is 7.74. The third kappa shape index (κ3) is 3.31. The SMILES string of the molecule is Nc1noc(CCC2CCCCC2)c1-c1ccccc1Br. The van der Waals surface area contributed by atoms with E-state index in [2.05, 4.69) is 27.2 Å². The van der Waals surface area contributed by atoms with Gasteiger partial charge in [0.15, 0.2) is 5.82 Å². The largest absolute Gasteiger partial charge is 0.380 e. The van der Waals surface area contributed by atoms with Crippen molar-refractivity contribution in [3.63, 3.8) is 0 Å². The number of rotatable bonds is 4. The lowest BCUT2D eigenvalue weighted by Crippen LogP contribution is -2.07. The van der Waals surface area contributed by atoms with Crippen LogP contribution in [0.1, 0.15) is 44.3 Å². The van der Waals surface area contributed by atoms with Crippen LogP contribution >= 0.6 is 15.9 Å². The zero-order valence-electron chi connectivity index (χ0n) is 12.1. The summed E-state index contributed by atoms with van der Waals surface area (Å²) in [6, 6.07) is 8.08. The van der Waals surface area contributed by atoms with E-state index < -0.39 is 0 Å². The maximum atomic E-state index is 6.03. The second kappa shape index (κ2) is 6.65. The maximum Gasteiger partial charge on any atom is 0.175 e. The van der Waals surface area contributed by atoms with Crippen LogP contribution in [-0.4, -0.2) is 5.16 Å². The summed E-state index contributed by atoms with van der Waals surface area (Å²) in [5.41, 5.74) is 8.05. The van der Waals surface area contributed by atoms with Gasteiger partial charge in [0.25, 0.3) is 0 Å². The highest BCUT2D eigenvalue weighted by Crippen LogP contribution is 2.36. The van der Waals surface area contributed by atoms with Crippen molar-refractivity contribution in [2.45, 2.75) is 44.9 Å². The number of aryl methyl sites for hydroxylation is 1. The molecule has 0 unspecified atom stereocenters. The molecule has 1 aromatic carbocycles. The molecule has 0 bridgehead atoms. The van der Waals surface area contributed by atoms with Gasteiger partial charge in [-0.1, -0.05) is 71.4 Å².